The van der Waals surface area contributed by atoms with E-state index in [9.17, 15) is 9.90 Å². The number of hydrogen-bond donors (Lipinski definition) is 3. The fraction of sp³-hybridized carbons (Fsp3) is 0.394. The van der Waals surface area contributed by atoms with Crippen LogP contribution in [0.1, 0.15) is 61.3 Å². The van der Waals surface area contributed by atoms with Crippen LogP contribution in [0.15, 0.2) is 152 Å². The number of nitrogens with zero attached hydrogens (tertiary/aromatic N) is 6. The molecule has 7 heterocycles. The summed E-state index contributed by atoms with van der Waals surface area (Å²) < 4.78 is 13.3. The number of methoxy groups -OCH3 is 1. The molecule has 3 N–H and O–H groups in total. The summed E-state index contributed by atoms with van der Waals surface area (Å²) in [6, 6.07) is 50.3. The van der Waals surface area contributed by atoms with E-state index in [0.717, 1.165) is 57.8 Å². The number of fused-ring (bicyclic) bond motifs is 3. The molecular formula is C66H74N8O7Si. The van der Waals surface area contributed by atoms with Crippen molar-refractivity contribution in [3.05, 3.63) is 174 Å². The van der Waals surface area contributed by atoms with Crippen molar-refractivity contribution in [2.75, 3.05) is 77.7 Å². The van der Waals surface area contributed by atoms with Crippen LogP contribution in [-0.4, -0.2) is 118 Å². The minimum atomic E-state index is -2.73. The largest absolute Gasteiger partial charge is 0.497 e. The highest BCUT2D eigenvalue weighted by Crippen LogP contribution is 2.61. The zero-order valence-corrected chi connectivity index (χ0v) is 48.4. The molecule has 16 heteroatoms. The maximum absolute atomic E-state index is 16.4. The molecule has 4 amide bonds. The molecule has 6 aromatic rings. The number of nitrogens with one attached hydrogen (secondary N) is 2. The third kappa shape index (κ3) is 8.65. The fourth-order valence-corrected chi connectivity index (χ4v) is 19.5. The first kappa shape index (κ1) is 53.9. The Kier molecular flexibility index (Phi) is 13.9. The SMILES string of the molecule is COc1ccc([Si](C)(C)[C@H]2[C@H](CC(=O)N3Cc4ccccc4C[C@H]3CO)O[C@@]3(C(=O)N(Cc4ccc(N5CN(c6ccccc6)C6(CCNCC6)C5=O)cc4)c4ccc(N5CN(c6ccccc6)C6(CCNCC6)C5=O)cc43)[C@@H]2C)cc1. The highest BCUT2D eigenvalue weighted by atomic mass is 28.3. The van der Waals surface area contributed by atoms with Crippen molar-refractivity contribution in [2.24, 2.45) is 5.92 Å². The number of carbonyl (C=O) groups excluding carboxylic acids is 4. The quantitative estimate of drug-likeness (QED) is 0.104. The zero-order valence-electron chi connectivity index (χ0n) is 47.4. The van der Waals surface area contributed by atoms with Gasteiger partial charge in [0.2, 0.25) is 5.91 Å². The van der Waals surface area contributed by atoms with Crippen LogP contribution in [0, 0.1) is 5.92 Å². The molecule has 15 nitrogen and oxygen atoms in total. The van der Waals surface area contributed by atoms with Gasteiger partial charge in [-0.25, -0.2) is 0 Å². The normalized spacial score (nSPS) is 24.8. The molecule has 0 aliphatic carbocycles. The van der Waals surface area contributed by atoms with E-state index in [0.29, 0.717) is 82.0 Å². The molecule has 5 saturated heterocycles. The maximum Gasteiger partial charge on any atom is 0.264 e. The van der Waals surface area contributed by atoms with Crippen molar-refractivity contribution in [2.45, 2.75) is 106 Å². The number of hydrogen-bond acceptors (Lipinski definition) is 11. The van der Waals surface area contributed by atoms with E-state index in [1.165, 1.54) is 0 Å². The van der Waals surface area contributed by atoms with E-state index < -0.39 is 42.8 Å². The highest BCUT2D eigenvalue weighted by molar-refractivity contribution is 6.91. The smallest absolute Gasteiger partial charge is 0.264 e. The van der Waals surface area contributed by atoms with Gasteiger partial charge in [0.25, 0.3) is 17.7 Å². The van der Waals surface area contributed by atoms with Gasteiger partial charge >= 0.3 is 0 Å². The molecular weight excluding hydrogens is 1040 g/mol. The minimum absolute atomic E-state index is 0.00763. The van der Waals surface area contributed by atoms with Crippen molar-refractivity contribution in [1.29, 1.82) is 0 Å². The monoisotopic (exact) mass is 1120 g/mol. The van der Waals surface area contributed by atoms with Gasteiger partial charge in [-0.15, -0.1) is 0 Å². The second-order valence-electron chi connectivity index (χ2n) is 24.3. The summed E-state index contributed by atoms with van der Waals surface area (Å²) in [6.45, 7) is 10.9. The summed E-state index contributed by atoms with van der Waals surface area (Å²) in [6.07, 6.45) is 2.56. The molecule has 0 saturated carbocycles. The molecule has 13 rings (SSSR count). The molecule has 0 bridgehead atoms. The van der Waals surface area contributed by atoms with Crippen molar-refractivity contribution in [3.63, 3.8) is 0 Å². The molecule has 7 aliphatic heterocycles. The number of amides is 4. The third-order valence-corrected chi connectivity index (χ3v) is 24.2. The lowest BCUT2D eigenvalue weighted by Crippen LogP contribution is -2.55. The Labute approximate surface area is 481 Å². The van der Waals surface area contributed by atoms with Gasteiger partial charge in [-0.1, -0.05) is 110 Å². The summed E-state index contributed by atoms with van der Waals surface area (Å²) >= 11 is 0. The predicted molar refractivity (Wildman–Crippen MR) is 322 cm³/mol. The Morgan fingerprint density at radius 3 is 1.79 bits per heavy atom. The lowest BCUT2D eigenvalue weighted by molar-refractivity contribution is -0.151. The van der Waals surface area contributed by atoms with Gasteiger partial charge in [0.1, 0.15) is 16.8 Å². The molecule has 5 atom stereocenters. The number of rotatable bonds is 12. The van der Waals surface area contributed by atoms with Crippen molar-refractivity contribution < 1.29 is 33.8 Å². The van der Waals surface area contributed by atoms with Gasteiger partial charge in [-0.05, 0) is 147 Å². The minimum Gasteiger partial charge on any atom is -0.497 e. The van der Waals surface area contributed by atoms with E-state index in [1.54, 1.807) is 7.11 Å². The second-order valence-corrected chi connectivity index (χ2v) is 29.0. The number of piperidine rings is 2. The Morgan fingerprint density at radius 1 is 0.671 bits per heavy atom. The van der Waals surface area contributed by atoms with Gasteiger partial charge in [0, 0.05) is 40.8 Å². The van der Waals surface area contributed by atoms with E-state index in [2.05, 4.69) is 89.0 Å². The summed E-state index contributed by atoms with van der Waals surface area (Å²) in [7, 11) is -1.07. The molecule has 82 heavy (non-hydrogen) atoms. The topological polar surface area (TPSA) is 150 Å². The van der Waals surface area contributed by atoms with Crippen molar-refractivity contribution in [1.82, 2.24) is 15.5 Å². The number of ether oxygens (including phenoxy) is 2. The lowest BCUT2D eigenvalue weighted by Gasteiger charge is -2.39. The number of para-hydroxylation sites is 2. The van der Waals surface area contributed by atoms with Crippen molar-refractivity contribution >= 4 is 65.3 Å². The van der Waals surface area contributed by atoms with Crippen LogP contribution in [-0.2, 0) is 49.0 Å². The van der Waals surface area contributed by atoms with Gasteiger partial charge in [0.15, 0.2) is 5.60 Å². The van der Waals surface area contributed by atoms with Crippen LogP contribution in [0.4, 0.5) is 28.4 Å². The maximum atomic E-state index is 16.4. The molecule has 6 aromatic carbocycles. The fourth-order valence-electron chi connectivity index (χ4n) is 15.5. The molecule has 0 unspecified atom stereocenters. The predicted octanol–water partition coefficient (Wildman–Crippen LogP) is 7.66. The number of aliphatic hydroxyl groups is 1. The van der Waals surface area contributed by atoms with Crippen LogP contribution >= 0.6 is 0 Å². The number of carbonyl (C=O) groups is 4. The summed E-state index contributed by atoms with van der Waals surface area (Å²) in [5.41, 5.74) is 4.68. The van der Waals surface area contributed by atoms with E-state index in [-0.39, 0.29) is 48.7 Å². The average molecular weight is 1120 g/mol. The molecule has 7 aliphatic rings. The van der Waals surface area contributed by atoms with Crippen molar-refractivity contribution in [3.8, 4) is 5.75 Å². The third-order valence-electron chi connectivity index (χ3n) is 19.9. The second kappa shape index (κ2) is 21.1. The first-order valence-electron chi connectivity index (χ1n) is 29.4. The van der Waals surface area contributed by atoms with Crippen LogP contribution in [0.25, 0.3) is 0 Å². The Balaban J connectivity index is 0.893. The number of aliphatic hydroxyl groups excluding tert-OH is 1. The summed E-state index contributed by atoms with van der Waals surface area (Å²) in [5, 5.41) is 18.9. The Bertz CT molecular complexity index is 3390. The molecule has 424 valence electrons. The average Bonchev–Trinajstić information content (AvgIpc) is 4.12. The van der Waals surface area contributed by atoms with Crippen LogP contribution < -0.4 is 45.1 Å². The first-order valence-corrected chi connectivity index (χ1v) is 32.4. The highest BCUT2D eigenvalue weighted by Gasteiger charge is 2.67. The van der Waals surface area contributed by atoms with Gasteiger partial charge in [-0.3, -0.25) is 29.0 Å². The Morgan fingerprint density at radius 2 is 1.22 bits per heavy atom. The summed E-state index contributed by atoms with van der Waals surface area (Å²) in [4.78, 5) is 73.6. The summed E-state index contributed by atoms with van der Waals surface area (Å²) in [5.74, 6) is 0.0675. The van der Waals surface area contributed by atoms with Crippen LogP contribution in [0.5, 0.6) is 5.75 Å². The van der Waals surface area contributed by atoms with Crippen LogP contribution in [0.2, 0.25) is 18.6 Å². The molecule has 3 spiro atoms. The van der Waals surface area contributed by atoms with E-state index in [1.807, 2.05) is 123 Å². The van der Waals surface area contributed by atoms with Gasteiger partial charge in [0.05, 0.1) is 65.9 Å². The molecule has 5 fully saturated rings. The Hall–Kier alpha value is -7.34. The van der Waals surface area contributed by atoms with Gasteiger partial charge in [-0.2, -0.15) is 0 Å². The molecule has 0 radical (unpaired) electrons. The van der Waals surface area contributed by atoms with E-state index in [4.69, 9.17) is 9.47 Å². The number of benzene rings is 6. The molecule has 0 aromatic heterocycles. The first-order chi connectivity index (χ1) is 39.8. The lowest BCUT2D eigenvalue weighted by atomic mass is 9.82. The van der Waals surface area contributed by atoms with Crippen LogP contribution in [0.3, 0.4) is 0 Å². The zero-order chi connectivity index (χ0) is 56.5. The standard InChI is InChI=1S/C66H74N8O7Si/c1-45-60(82(3,4)55-26-24-54(80-2)25-27-55)58(39-59(76)69-41-48-14-12-11-13-47(48)37-53(69)42-75)81-66(45)56-38-52(72-44-74(51-17-9-6-10-18-51)65(62(72)78)31-35-68-36-32-65)23-28-57(56)70(63(66)79)40-46-19-21-49(22-20-46)71-43-73(50-15-7-5-8-16-50)64(61(71)77)29-33-67-34-30-64/h5-28,38,45,53,58,60,67-68,75H,29-37,39-44H2,1-4H3/t45-,53+,58+,60-,66+/m1/s1. The van der Waals surface area contributed by atoms with Gasteiger partial charge < -0.3 is 44.8 Å². The number of anilines is 5. The van der Waals surface area contributed by atoms with E-state index >= 15 is 14.4 Å².